The fraction of sp³-hybridized carbons (Fsp3) is 0.129. The highest BCUT2D eigenvalue weighted by Crippen LogP contribution is 2.32. The predicted molar refractivity (Wildman–Crippen MR) is 151 cm³/mol. The summed E-state index contributed by atoms with van der Waals surface area (Å²) in [6.07, 6.45) is 7.47. The first-order chi connectivity index (χ1) is 19.3. The summed E-state index contributed by atoms with van der Waals surface area (Å²) < 4.78 is 8.56. The van der Waals surface area contributed by atoms with Crippen molar-refractivity contribution in [3.63, 3.8) is 0 Å². The van der Waals surface area contributed by atoms with E-state index in [4.69, 9.17) is 9.73 Å². The van der Waals surface area contributed by atoms with Crippen LogP contribution < -0.4 is 14.0 Å². The number of amides is 1. The Hall–Kier alpha value is -5.31. The lowest BCUT2D eigenvalue weighted by molar-refractivity contribution is -0.733. The molecule has 0 fully saturated rings. The van der Waals surface area contributed by atoms with E-state index >= 15 is 0 Å². The number of nitrogens with zero attached hydrogens (tertiary/aromatic N) is 4. The van der Waals surface area contributed by atoms with Crippen molar-refractivity contribution in [2.24, 2.45) is 12.0 Å². The van der Waals surface area contributed by atoms with E-state index in [0.717, 1.165) is 11.3 Å². The van der Waals surface area contributed by atoms with Gasteiger partial charge in [0.1, 0.15) is 7.05 Å². The lowest BCUT2D eigenvalue weighted by atomic mass is 10.00. The van der Waals surface area contributed by atoms with Crippen molar-refractivity contribution in [1.82, 2.24) is 4.98 Å². The van der Waals surface area contributed by atoms with E-state index in [-0.39, 0.29) is 18.3 Å². The number of hydrogen-bond acceptors (Lipinski definition) is 5. The van der Waals surface area contributed by atoms with Crippen molar-refractivity contribution in [2.75, 3.05) is 19.1 Å². The van der Waals surface area contributed by atoms with Crippen molar-refractivity contribution < 1.29 is 28.6 Å². The third kappa shape index (κ3) is 5.44. The highest BCUT2D eigenvalue weighted by Gasteiger charge is 2.21. The van der Waals surface area contributed by atoms with Crippen LogP contribution in [0.25, 0.3) is 10.9 Å². The molecule has 0 atom stereocenters. The van der Waals surface area contributed by atoms with Gasteiger partial charge in [-0.05, 0) is 36.4 Å². The Bertz CT molecular complexity index is 1710. The van der Waals surface area contributed by atoms with E-state index in [2.05, 4.69) is 4.98 Å². The minimum absolute atomic E-state index is 0.0601. The molecule has 0 aliphatic carbocycles. The molecule has 3 aromatic carbocycles. The maximum Gasteiger partial charge on any atom is 0.337 e. The van der Waals surface area contributed by atoms with Gasteiger partial charge in [-0.2, -0.15) is 9.13 Å². The monoisotopic (exact) mass is 535 g/mol. The van der Waals surface area contributed by atoms with Gasteiger partial charge in [0.25, 0.3) is 5.91 Å². The maximum atomic E-state index is 12.9. The molecule has 1 amide bonds. The minimum Gasteiger partial charge on any atom is -0.494 e. The van der Waals surface area contributed by atoms with Crippen LogP contribution in [-0.4, -0.2) is 41.8 Å². The molecule has 40 heavy (non-hydrogen) atoms. The Morgan fingerprint density at radius 2 is 1.65 bits per heavy atom. The van der Waals surface area contributed by atoms with Gasteiger partial charge in [-0.15, -0.1) is 0 Å². The summed E-state index contributed by atoms with van der Waals surface area (Å²) in [6.45, 7) is 0.215. The molecule has 0 unspecified atom stereocenters. The van der Waals surface area contributed by atoms with E-state index < -0.39 is 5.97 Å². The normalized spacial score (nSPS) is 11.4. The first-order valence-electron chi connectivity index (χ1n) is 12.6. The van der Waals surface area contributed by atoms with Crippen LogP contribution in [-0.2, 0) is 23.1 Å². The highest BCUT2D eigenvalue weighted by molar-refractivity contribution is 6.22. The summed E-state index contributed by atoms with van der Waals surface area (Å²) in [5, 5.41) is 11.7. The number of aromatic nitrogens is 3. The molecule has 2 aromatic heterocycles. The number of nitrogens with one attached hydrogen (secondary N) is 1. The number of fused-ring (bicyclic) bond motifs is 1. The summed E-state index contributed by atoms with van der Waals surface area (Å²) in [6, 6.07) is 22.0. The van der Waals surface area contributed by atoms with Gasteiger partial charge in [0.2, 0.25) is 31.3 Å². The first kappa shape index (κ1) is 26.3. The second-order valence-electron chi connectivity index (χ2n) is 9.33. The number of aromatic hydroxyl groups is 1. The van der Waals surface area contributed by atoms with Gasteiger partial charge < -0.3 is 19.7 Å². The molecule has 200 valence electrons. The molecular weight excluding hydrogens is 506 g/mol. The number of aliphatic imine (C=N–C) groups is 1. The molecule has 2 N–H and O–H groups in total. The number of carbonyl (C=O) groups excluding carboxylic acids is 2. The Labute approximate surface area is 231 Å². The Balaban J connectivity index is 1.48. The smallest absolute Gasteiger partial charge is 0.337 e. The number of methoxy groups -OCH3 is 1. The van der Waals surface area contributed by atoms with Gasteiger partial charge >= 0.3 is 5.97 Å². The predicted octanol–water partition coefficient (Wildman–Crippen LogP) is 3.60. The average Bonchev–Trinajstić information content (AvgIpc) is 3.31. The fourth-order valence-electron chi connectivity index (χ4n) is 4.40. The van der Waals surface area contributed by atoms with Crippen LogP contribution in [0.5, 0.6) is 5.88 Å². The van der Waals surface area contributed by atoms with Crippen molar-refractivity contribution in [3.8, 4) is 5.88 Å². The molecule has 0 bridgehead atoms. The van der Waals surface area contributed by atoms with E-state index in [0.29, 0.717) is 33.4 Å². The van der Waals surface area contributed by atoms with E-state index in [1.165, 1.54) is 7.11 Å². The molecule has 9 nitrogen and oxygen atoms in total. The van der Waals surface area contributed by atoms with Crippen molar-refractivity contribution in [2.45, 2.75) is 6.54 Å². The molecule has 0 aliphatic rings. The van der Waals surface area contributed by atoms with Crippen LogP contribution in [0.2, 0.25) is 0 Å². The van der Waals surface area contributed by atoms with Gasteiger partial charge in [0.15, 0.2) is 5.88 Å². The van der Waals surface area contributed by atoms with Crippen LogP contribution in [0.3, 0.4) is 0 Å². The number of likely N-dealkylation sites (N-methyl/N-ethyl adjacent to an activating group) is 1. The third-order valence-electron chi connectivity index (χ3n) is 6.64. The number of anilines is 1. The zero-order chi connectivity index (χ0) is 28.2. The highest BCUT2D eigenvalue weighted by atomic mass is 16.5. The average molecular weight is 536 g/mol. The van der Waals surface area contributed by atoms with Crippen LogP contribution in [0, 0.1) is 0 Å². The van der Waals surface area contributed by atoms with Crippen LogP contribution in [0.1, 0.15) is 21.5 Å². The van der Waals surface area contributed by atoms with Crippen molar-refractivity contribution in [1.29, 1.82) is 0 Å². The molecular formula is C31H29N5O4+2. The van der Waals surface area contributed by atoms with Gasteiger partial charge in [-0.1, -0.05) is 36.4 Å². The number of ether oxygens (including phenoxy) is 1. The van der Waals surface area contributed by atoms with Gasteiger partial charge in [0.05, 0.1) is 29.6 Å². The van der Waals surface area contributed by atoms with Crippen molar-refractivity contribution in [3.05, 3.63) is 114 Å². The largest absolute Gasteiger partial charge is 0.494 e. The Morgan fingerprint density at radius 1 is 0.950 bits per heavy atom. The number of aryl methyl sites for hydroxylation is 1. The number of H-pyrrole nitrogens is 1. The number of hydrogen-bond donors (Lipinski definition) is 2. The van der Waals surface area contributed by atoms with Gasteiger partial charge in [-0.3, -0.25) is 4.79 Å². The first-order valence-corrected chi connectivity index (χ1v) is 12.6. The zero-order valence-electron chi connectivity index (χ0n) is 22.4. The van der Waals surface area contributed by atoms with Crippen LogP contribution in [0.4, 0.5) is 11.4 Å². The number of aromatic amines is 1. The quantitative estimate of drug-likeness (QED) is 0.189. The summed E-state index contributed by atoms with van der Waals surface area (Å²) >= 11 is 0. The Kier molecular flexibility index (Phi) is 7.37. The number of benzene rings is 3. The standard InChI is InChI=1S/C31H27N5O4/c1-34-15-17-36(18-16-34)20-27(37)35(2)24-12-10-23(11-13-24)32-29(21-7-5-4-6-8-21)28-25-14-9-22(31(39)40-3)19-26(25)33-30(28)38/h4-19H,20H2,1-3H3/p+2. The fourth-order valence-corrected chi connectivity index (χ4v) is 4.40. The molecule has 5 rings (SSSR count). The minimum atomic E-state index is -0.463. The lowest BCUT2D eigenvalue weighted by Gasteiger charge is -2.15. The maximum absolute atomic E-state index is 12.9. The van der Waals surface area contributed by atoms with E-state index in [9.17, 15) is 14.7 Å². The number of esters is 1. The second-order valence-corrected chi connectivity index (χ2v) is 9.33. The van der Waals surface area contributed by atoms with Gasteiger partial charge in [-0.25, -0.2) is 9.79 Å². The molecule has 0 saturated carbocycles. The summed E-state index contributed by atoms with van der Waals surface area (Å²) in [5.41, 5.74) is 4.21. The molecule has 2 heterocycles. The molecule has 0 aliphatic heterocycles. The molecule has 9 heteroatoms. The van der Waals surface area contributed by atoms with Gasteiger partial charge in [0, 0.05) is 29.2 Å². The SMILES string of the molecule is COC(=O)c1ccc2c(C(=Nc3ccc(N(C)C(=O)C[n+]4cc[n+](C)cc4)cc3)c3ccccc3)c(O)[nH]c2c1. The zero-order valence-corrected chi connectivity index (χ0v) is 22.4. The second kappa shape index (κ2) is 11.2. The third-order valence-corrected chi connectivity index (χ3v) is 6.64. The van der Waals surface area contributed by atoms with Crippen LogP contribution >= 0.6 is 0 Å². The molecule has 0 radical (unpaired) electrons. The van der Waals surface area contributed by atoms with E-state index in [1.54, 1.807) is 30.1 Å². The van der Waals surface area contributed by atoms with Crippen LogP contribution in [0.15, 0.2) is 103 Å². The molecule has 5 aromatic rings. The summed E-state index contributed by atoms with van der Waals surface area (Å²) in [7, 11) is 4.99. The molecule has 0 spiro atoms. The van der Waals surface area contributed by atoms with E-state index in [1.807, 2.05) is 95.6 Å². The number of carbonyl (C=O) groups is 2. The summed E-state index contributed by atoms with van der Waals surface area (Å²) in [5.74, 6) is -0.585. The lowest BCUT2D eigenvalue weighted by Crippen LogP contribution is -2.45. The number of rotatable bonds is 7. The molecule has 0 saturated heterocycles. The topological polar surface area (TPSA) is 103 Å². The Morgan fingerprint density at radius 3 is 2.33 bits per heavy atom. The summed E-state index contributed by atoms with van der Waals surface area (Å²) in [4.78, 5) is 34.4. The van der Waals surface area contributed by atoms with Crippen molar-refractivity contribution >= 4 is 39.9 Å².